The van der Waals surface area contributed by atoms with Crippen LogP contribution < -0.4 is 0 Å². The molecule has 0 bridgehead atoms. The number of halogens is 1. The van der Waals surface area contributed by atoms with E-state index in [2.05, 4.69) is 0 Å². The van der Waals surface area contributed by atoms with Crippen LogP contribution >= 0.6 is 0 Å². The number of carboxylic acid groups (broad SMARTS) is 1. The van der Waals surface area contributed by atoms with Crippen molar-refractivity contribution < 1.29 is 19.2 Å². The Labute approximate surface area is 115 Å². The SMILES string of the molecule is O=C(O)CC1CCN(Cc2ccc([N+](=O)[O-])c(F)c2)C1. The number of carboxylic acids is 1. The van der Waals surface area contributed by atoms with E-state index >= 15 is 0 Å². The van der Waals surface area contributed by atoms with Crippen molar-refractivity contribution in [3.05, 3.63) is 39.7 Å². The van der Waals surface area contributed by atoms with Crippen LogP contribution in [0.3, 0.4) is 0 Å². The zero-order valence-corrected chi connectivity index (χ0v) is 10.8. The molecule has 20 heavy (non-hydrogen) atoms. The Bertz CT molecular complexity index is 535. The van der Waals surface area contributed by atoms with Crippen molar-refractivity contribution in [2.75, 3.05) is 13.1 Å². The summed E-state index contributed by atoms with van der Waals surface area (Å²) in [5.41, 5.74) is 0.128. The van der Waals surface area contributed by atoms with Gasteiger partial charge in [-0.1, -0.05) is 6.07 Å². The molecule has 0 amide bonds. The molecule has 1 aromatic carbocycles. The first-order valence-electron chi connectivity index (χ1n) is 6.32. The van der Waals surface area contributed by atoms with Gasteiger partial charge in [0, 0.05) is 25.6 Å². The largest absolute Gasteiger partial charge is 0.481 e. The topological polar surface area (TPSA) is 83.7 Å². The second-order valence-corrected chi connectivity index (χ2v) is 5.03. The quantitative estimate of drug-likeness (QED) is 0.660. The smallest absolute Gasteiger partial charge is 0.304 e. The summed E-state index contributed by atoms with van der Waals surface area (Å²) in [4.78, 5) is 22.4. The van der Waals surface area contributed by atoms with Crippen LogP contribution in [0.2, 0.25) is 0 Å². The number of hydrogen-bond donors (Lipinski definition) is 1. The molecule has 7 heteroatoms. The molecule has 1 saturated heterocycles. The van der Waals surface area contributed by atoms with Gasteiger partial charge in [-0.15, -0.1) is 0 Å². The Morgan fingerprint density at radius 1 is 1.55 bits per heavy atom. The molecule has 1 aliphatic rings. The Morgan fingerprint density at radius 3 is 2.90 bits per heavy atom. The molecule has 0 aromatic heterocycles. The molecular weight excluding hydrogens is 267 g/mol. The average Bonchev–Trinajstić information content (AvgIpc) is 2.75. The molecule has 1 fully saturated rings. The summed E-state index contributed by atoms with van der Waals surface area (Å²) in [7, 11) is 0. The Hall–Kier alpha value is -2.02. The van der Waals surface area contributed by atoms with Crippen LogP contribution in [0.5, 0.6) is 0 Å². The van der Waals surface area contributed by atoms with Crippen LogP contribution in [0, 0.1) is 21.8 Å². The zero-order chi connectivity index (χ0) is 14.7. The highest BCUT2D eigenvalue weighted by Gasteiger charge is 2.24. The maximum Gasteiger partial charge on any atom is 0.304 e. The van der Waals surface area contributed by atoms with Crippen LogP contribution in [0.1, 0.15) is 18.4 Å². The number of nitrogens with zero attached hydrogens (tertiary/aromatic N) is 2. The fourth-order valence-electron chi connectivity index (χ4n) is 2.53. The fraction of sp³-hybridized carbons (Fsp3) is 0.462. The maximum atomic E-state index is 13.5. The first-order valence-corrected chi connectivity index (χ1v) is 6.32. The van der Waals surface area contributed by atoms with Gasteiger partial charge in [0.2, 0.25) is 5.82 Å². The van der Waals surface area contributed by atoms with E-state index in [-0.39, 0.29) is 12.3 Å². The second kappa shape index (κ2) is 5.96. The first kappa shape index (κ1) is 14.4. The number of rotatable bonds is 5. The van der Waals surface area contributed by atoms with Gasteiger partial charge in [0.25, 0.3) is 0 Å². The molecule has 1 aliphatic heterocycles. The van der Waals surface area contributed by atoms with Crippen molar-refractivity contribution in [3.63, 3.8) is 0 Å². The van der Waals surface area contributed by atoms with E-state index in [9.17, 15) is 19.3 Å². The van der Waals surface area contributed by atoms with Crippen LogP contribution in [0.4, 0.5) is 10.1 Å². The Balaban J connectivity index is 1.96. The molecule has 1 atom stereocenters. The summed E-state index contributed by atoms with van der Waals surface area (Å²) >= 11 is 0. The lowest BCUT2D eigenvalue weighted by molar-refractivity contribution is -0.387. The van der Waals surface area contributed by atoms with E-state index < -0.39 is 22.4 Å². The molecule has 1 unspecified atom stereocenters. The summed E-state index contributed by atoms with van der Waals surface area (Å²) in [5.74, 6) is -1.53. The number of hydrogen-bond acceptors (Lipinski definition) is 4. The summed E-state index contributed by atoms with van der Waals surface area (Å²) in [6.07, 6.45) is 0.951. The molecule has 2 rings (SSSR count). The standard InChI is InChI=1S/C13H15FN2O4/c14-11-5-9(1-2-12(11)16(19)20)7-15-4-3-10(8-15)6-13(17)18/h1-2,5,10H,3-4,6-8H2,(H,17,18). The minimum atomic E-state index is -0.839. The predicted octanol–water partition coefficient (Wildman–Crippen LogP) is 2.03. The summed E-state index contributed by atoms with van der Waals surface area (Å²) in [6.45, 7) is 1.90. The highest BCUT2D eigenvalue weighted by Crippen LogP contribution is 2.23. The molecule has 108 valence electrons. The number of nitro groups is 1. The van der Waals surface area contributed by atoms with Gasteiger partial charge >= 0.3 is 11.7 Å². The third kappa shape index (κ3) is 3.51. The molecule has 1 N–H and O–H groups in total. The summed E-state index contributed by atoms with van der Waals surface area (Å²) in [5, 5.41) is 19.3. The van der Waals surface area contributed by atoms with Crippen LogP contribution in [0.25, 0.3) is 0 Å². The number of nitro benzene ring substituents is 1. The second-order valence-electron chi connectivity index (χ2n) is 5.03. The molecule has 0 spiro atoms. The van der Waals surface area contributed by atoms with Gasteiger partial charge in [-0.05, 0) is 30.5 Å². The molecule has 0 radical (unpaired) electrons. The van der Waals surface area contributed by atoms with Crippen LogP contribution in [-0.2, 0) is 11.3 Å². The lowest BCUT2D eigenvalue weighted by Crippen LogP contribution is -2.21. The first-order chi connectivity index (χ1) is 9.45. The Morgan fingerprint density at radius 2 is 2.30 bits per heavy atom. The predicted molar refractivity (Wildman–Crippen MR) is 68.7 cm³/mol. The lowest BCUT2D eigenvalue weighted by atomic mass is 10.1. The van der Waals surface area contributed by atoms with E-state index in [4.69, 9.17) is 5.11 Å². The third-order valence-corrected chi connectivity index (χ3v) is 3.45. The van der Waals surface area contributed by atoms with Crippen LogP contribution in [0.15, 0.2) is 18.2 Å². The molecule has 0 aliphatic carbocycles. The highest BCUT2D eigenvalue weighted by molar-refractivity contribution is 5.67. The van der Waals surface area contributed by atoms with Gasteiger partial charge in [-0.3, -0.25) is 19.8 Å². The molecule has 1 heterocycles. The van der Waals surface area contributed by atoms with Gasteiger partial charge < -0.3 is 5.11 Å². The molecular formula is C13H15FN2O4. The summed E-state index contributed by atoms with van der Waals surface area (Å²) < 4.78 is 13.5. The van der Waals surface area contributed by atoms with Crippen molar-refractivity contribution in [2.24, 2.45) is 5.92 Å². The van der Waals surface area contributed by atoms with E-state index in [0.717, 1.165) is 19.0 Å². The normalized spacial score (nSPS) is 19.1. The average molecular weight is 282 g/mol. The van der Waals surface area contributed by atoms with E-state index in [1.54, 1.807) is 0 Å². The number of benzene rings is 1. The van der Waals surface area contributed by atoms with E-state index in [1.165, 1.54) is 12.1 Å². The van der Waals surface area contributed by atoms with Gasteiger partial charge in [-0.2, -0.15) is 4.39 Å². The monoisotopic (exact) mass is 282 g/mol. The molecule has 1 aromatic rings. The van der Waals surface area contributed by atoms with Gasteiger partial charge in [0.1, 0.15) is 0 Å². The van der Waals surface area contributed by atoms with Crippen molar-refractivity contribution in [3.8, 4) is 0 Å². The van der Waals surface area contributed by atoms with Crippen molar-refractivity contribution in [1.82, 2.24) is 4.90 Å². The summed E-state index contributed by atoms with van der Waals surface area (Å²) in [6, 6.07) is 3.86. The van der Waals surface area contributed by atoms with Gasteiger partial charge in [0.05, 0.1) is 4.92 Å². The fourth-order valence-corrected chi connectivity index (χ4v) is 2.53. The third-order valence-electron chi connectivity index (χ3n) is 3.45. The number of aliphatic carboxylic acids is 1. The van der Waals surface area contributed by atoms with Crippen molar-refractivity contribution in [1.29, 1.82) is 0 Å². The molecule has 0 saturated carbocycles. The van der Waals surface area contributed by atoms with Gasteiger partial charge in [-0.25, -0.2) is 0 Å². The van der Waals surface area contributed by atoms with Crippen LogP contribution in [-0.4, -0.2) is 34.0 Å². The zero-order valence-electron chi connectivity index (χ0n) is 10.8. The maximum absolute atomic E-state index is 13.5. The van der Waals surface area contributed by atoms with Crippen molar-refractivity contribution in [2.45, 2.75) is 19.4 Å². The highest BCUT2D eigenvalue weighted by atomic mass is 19.1. The minimum Gasteiger partial charge on any atom is -0.481 e. The lowest BCUT2D eigenvalue weighted by Gasteiger charge is -2.15. The van der Waals surface area contributed by atoms with E-state index in [1.807, 2.05) is 4.90 Å². The Kier molecular flexibility index (Phi) is 4.29. The number of likely N-dealkylation sites (tertiary alicyclic amines) is 1. The molecule has 6 nitrogen and oxygen atoms in total. The number of carbonyl (C=O) groups is 1. The minimum absolute atomic E-state index is 0.121. The van der Waals surface area contributed by atoms with E-state index in [0.29, 0.717) is 18.7 Å². The van der Waals surface area contributed by atoms with Gasteiger partial charge in [0.15, 0.2) is 0 Å². The van der Waals surface area contributed by atoms with Crippen molar-refractivity contribution >= 4 is 11.7 Å².